The normalized spacial score (nSPS) is 12.8. The van der Waals surface area contributed by atoms with Crippen molar-refractivity contribution in [3.63, 3.8) is 0 Å². The van der Waals surface area contributed by atoms with Gasteiger partial charge in [0.1, 0.15) is 5.69 Å². The monoisotopic (exact) mass is 421 g/mol. The Bertz CT molecular complexity index is 1260. The molecule has 0 saturated heterocycles. The number of hydrogen-bond acceptors (Lipinski definition) is 4. The van der Waals surface area contributed by atoms with Crippen molar-refractivity contribution in [2.75, 3.05) is 16.8 Å². The fourth-order valence-electron chi connectivity index (χ4n) is 3.98. The maximum Gasteiger partial charge on any atom is 0.248 e. The van der Waals surface area contributed by atoms with Gasteiger partial charge in [0.05, 0.1) is 24.1 Å². The van der Waals surface area contributed by atoms with Gasteiger partial charge in [-0.3, -0.25) is 4.79 Å². The number of hydrogen-bond donors (Lipinski definition) is 1. The Hall–Kier alpha value is -4.19. The van der Waals surface area contributed by atoms with Gasteiger partial charge >= 0.3 is 0 Å². The number of carbonyl (C=O) groups excluding carboxylic acids is 1. The summed E-state index contributed by atoms with van der Waals surface area (Å²) in [5.74, 6) is -0.206. The van der Waals surface area contributed by atoms with Crippen LogP contribution < -0.4 is 10.2 Å². The van der Waals surface area contributed by atoms with E-state index in [-0.39, 0.29) is 5.91 Å². The number of nitrogens with zero attached hydrogens (tertiary/aromatic N) is 4. The minimum absolute atomic E-state index is 0.206. The Balaban J connectivity index is 1.27. The number of carbonyl (C=O) groups is 1. The highest BCUT2D eigenvalue weighted by Gasteiger charge is 2.22. The average Bonchev–Trinajstić information content (AvgIpc) is 3.46. The standard InChI is InChI=1S/C26H23N5O/c32-26(15-14-22-19-30(29-28-22)18-20-8-2-1-3-9-20)27-23-11-5-7-13-25(23)31-17-16-21-10-4-6-12-24(21)31/h1-15,19H,16-18H2,(H,27,32)/b15-14+. The number of fused-ring (bicyclic) bond motifs is 1. The van der Waals surface area contributed by atoms with Crippen molar-refractivity contribution in [2.24, 2.45) is 0 Å². The highest BCUT2D eigenvalue weighted by atomic mass is 16.1. The van der Waals surface area contributed by atoms with Gasteiger partial charge in [-0.1, -0.05) is 65.9 Å². The molecule has 0 spiro atoms. The molecule has 6 heteroatoms. The summed E-state index contributed by atoms with van der Waals surface area (Å²) in [6.45, 7) is 1.53. The number of aromatic nitrogens is 3. The third kappa shape index (κ3) is 4.30. The second-order valence-electron chi connectivity index (χ2n) is 7.70. The molecule has 1 aliphatic rings. The highest BCUT2D eigenvalue weighted by molar-refractivity contribution is 6.04. The molecule has 1 N–H and O–H groups in total. The molecular formula is C26H23N5O. The molecule has 2 heterocycles. The molecule has 1 aromatic heterocycles. The van der Waals surface area contributed by atoms with E-state index in [2.05, 4.69) is 38.7 Å². The zero-order chi connectivity index (χ0) is 21.8. The summed E-state index contributed by atoms with van der Waals surface area (Å²) in [4.78, 5) is 14.9. The molecule has 0 bridgehead atoms. The number of benzene rings is 3. The smallest absolute Gasteiger partial charge is 0.248 e. The number of rotatable bonds is 6. The van der Waals surface area contributed by atoms with Gasteiger partial charge in [-0.2, -0.15) is 0 Å². The van der Waals surface area contributed by atoms with Gasteiger partial charge < -0.3 is 10.2 Å². The quantitative estimate of drug-likeness (QED) is 0.460. The summed E-state index contributed by atoms with van der Waals surface area (Å²) in [5.41, 5.74) is 6.08. The van der Waals surface area contributed by atoms with E-state index < -0.39 is 0 Å². The molecule has 3 aromatic carbocycles. The van der Waals surface area contributed by atoms with E-state index >= 15 is 0 Å². The van der Waals surface area contributed by atoms with Crippen molar-refractivity contribution >= 4 is 29.0 Å². The first-order chi connectivity index (χ1) is 15.8. The Morgan fingerprint density at radius 1 is 0.938 bits per heavy atom. The summed E-state index contributed by atoms with van der Waals surface area (Å²) in [5, 5.41) is 11.3. The number of para-hydroxylation sites is 3. The molecule has 6 nitrogen and oxygen atoms in total. The van der Waals surface area contributed by atoms with E-state index in [0.29, 0.717) is 12.2 Å². The van der Waals surface area contributed by atoms with Gasteiger partial charge in [-0.05, 0) is 41.8 Å². The summed E-state index contributed by atoms with van der Waals surface area (Å²) < 4.78 is 1.76. The van der Waals surface area contributed by atoms with Crippen LogP contribution in [0, 0.1) is 0 Å². The molecule has 1 amide bonds. The van der Waals surface area contributed by atoms with Crippen molar-refractivity contribution in [3.8, 4) is 0 Å². The lowest BCUT2D eigenvalue weighted by Gasteiger charge is -2.22. The molecule has 32 heavy (non-hydrogen) atoms. The average molecular weight is 422 g/mol. The zero-order valence-electron chi connectivity index (χ0n) is 17.6. The zero-order valence-corrected chi connectivity index (χ0v) is 17.6. The van der Waals surface area contributed by atoms with Crippen LogP contribution in [0.25, 0.3) is 6.08 Å². The lowest BCUT2D eigenvalue weighted by atomic mass is 10.1. The van der Waals surface area contributed by atoms with Crippen LogP contribution in [-0.2, 0) is 17.8 Å². The molecule has 1 aliphatic heterocycles. The molecule has 0 atom stereocenters. The van der Waals surface area contributed by atoms with Crippen LogP contribution in [0.2, 0.25) is 0 Å². The van der Waals surface area contributed by atoms with E-state index in [1.807, 2.05) is 66.9 Å². The Labute approximate surface area is 186 Å². The molecule has 0 saturated carbocycles. The molecular weight excluding hydrogens is 398 g/mol. The topological polar surface area (TPSA) is 63.1 Å². The molecule has 0 aliphatic carbocycles. The van der Waals surface area contributed by atoms with Gasteiger partial charge in [0, 0.05) is 18.3 Å². The van der Waals surface area contributed by atoms with Crippen molar-refractivity contribution in [1.82, 2.24) is 15.0 Å². The second kappa shape index (κ2) is 8.89. The molecule has 0 radical (unpaired) electrons. The summed E-state index contributed by atoms with van der Waals surface area (Å²) in [6, 6.07) is 26.3. The van der Waals surface area contributed by atoms with Crippen LogP contribution in [0.5, 0.6) is 0 Å². The first-order valence-corrected chi connectivity index (χ1v) is 10.6. The third-order valence-corrected chi connectivity index (χ3v) is 5.49. The van der Waals surface area contributed by atoms with E-state index in [1.54, 1.807) is 10.8 Å². The Morgan fingerprint density at radius 3 is 2.56 bits per heavy atom. The summed E-state index contributed by atoms with van der Waals surface area (Å²) >= 11 is 0. The van der Waals surface area contributed by atoms with Gasteiger partial charge in [0.15, 0.2) is 0 Å². The predicted octanol–water partition coefficient (Wildman–Crippen LogP) is 4.67. The van der Waals surface area contributed by atoms with Crippen LogP contribution in [0.1, 0.15) is 16.8 Å². The molecule has 0 unspecified atom stereocenters. The fraction of sp³-hybridized carbons (Fsp3) is 0.115. The van der Waals surface area contributed by atoms with E-state index in [9.17, 15) is 4.79 Å². The third-order valence-electron chi connectivity index (χ3n) is 5.49. The minimum Gasteiger partial charge on any atom is -0.339 e. The number of nitrogens with one attached hydrogen (secondary N) is 1. The first-order valence-electron chi connectivity index (χ1n) is 10.6. The first kappa shape index (κ1) is 19.8. The van der Waals surface area contributed by atoms with E-state index in [4.69, 9.17) is 0 Å². The molecule has 4 aromatic rings. The largest absolute Gasteiger partial charge is 0.339 e. The lowest BCUT2D eigenvalue weighted by molar-refractivity contribution is -0.111. The Morgan fingerprint density at radius 2 is 1.69 bits per heavy atom. The van der Waals surface area contributed by atoms with Gasteiger partial charge in [-0.15, -0.1) is 5.10 Å². The summed E-state index contributed by atoms with van der Waals surface area (Å²) in [6.07, 6.45) is 5.99. The van der Waals surface area contributed by atoms with E-state index in [1.165, 1.54) is 17.3 Å². The van der Waals surface area contributed by atoms with Crippen LogP contribution in [-0.4, -0.2) is 27.4 Å². The van der Waals surface area contributed by atoms with Crippen molar-refractivity contribution in [2.45, 2.75) is 13.0 Å². The minimum atomic E-state index is -0.206. The van der Waals surface area contributed by atoms with Crippen LogP contribution in [0.15, 0.2) is 91.1 Å². The fourth-order valence-corrected chi connectivity index (χ4v) is 3.98. The predicted molar refractivity (Wildman–Crippen MR) is 127 cm³/mol. The van der Waals surface area contributed by atoms with Crippen LogP contribution in [0.4, 0.5) is 17.1 Å². The van der Waals surface area contributed by atoms with Gasteiger partial charge in [0.2, 0.25) is 5.91 Å². The van der Waals surface area contributed by atoms with Crippen molar-refractivity contribution in [1.29, 1.82) is 0 Å². The highest BCUT2D eigenvalue weighted by Crippen LogP contribution is 2.38. The lowest BCUT2D eigenvalue weighted by Crippen LogP contribution is -2.17. The number of amides is 1. The maximum atomic E-state index is 12.6. The van der Waals surface area contributed by atoms with Crippen molar-refractivity contribution in [3.05, 3.63) is 108 Å². The second-order valence-corrected chi connectivity index (χ2v) is 7.70. The SMILES string of the molecule is O=C(/C=C/c1cn(Cc2ccccc2)nn1)Nc1ccccc1N1CCc2ccccc21. The van der Waals surface area contributed by atoms with Crippen molar-refractivity contribution < 1.29 is 4.79 Å². The molecule has 158 valence electrons. The van der Waals surface area contributed by atoms with Crippen LogP contribution in [0.3, 0.4) is 0 Å². The van der Waals surface area contributed by atoms with E-state index in [0.717, 1.165) is 29.9 Å². The Kier molecular flexibility index (Phi) is 5.49. The number of anilines is 3. The molecule has 5 rings (SSSR count). The van der Waals surface area contributed by atoms with Gasteiger partial charge in [0.25, 0.3) is 0 Å². The van der Waals surface area contributed by atoms with Crippen LogP contribution >= 0.6 is 0 Å². The van der Waals surface area contributed by atoms with Gasteiger partial charge in [-0.25, -0.2) is 4.68 Å². The molecule has 0 fully saturated rings. The summed E-state index contributed by atoms with van der Waals surface area (Å²) in [7, 11) is 0. The maximum absolute atomic E-state index is 12.6.